The highest BCUT2D eigenvalue weighted by Crippen LogP contribution is 2.39. The van der Waals surface area contributed by atoms with Crippen molar-refractivity contribution >= 4 is 12.4 Å². The number of hydrogen-bond acceptors (Lipinski definition) is 8. The van der Waals surface area contributed by atoms with Crippen molar-refractivity contribution in [3.8, 4) is 34.5 Å². The van der Waals surface area contributed by atoms with Crippen LogP contribution in [-0.4, -0.2) is 67.2 Å². The van der Waals surface area contributed by atoms with Crippen LogP contribution in [0.1, 0.15) is 89.2 Å². The first-order valence-corrected chi connectivity index (χ1v) is 15.4. The van der Waals surface area contributed by atoms with E-state index in [9.17, 15) is 0 Å². The van der Waals surface area contributed by atoms with Crippen molar-refractivity contribution in [3.05, 3.63) is 35.4 Å². The van der Waals surface area contributed by atoms with Gasteiger partial charge in [0.2, 0.25) is 11.5 Å². The molecule has 0 aliphatic carbocycles. The van der Waals surface area contributed by atoms with E-state index in [1.165, 1.54) is 38.5 Å². The fourth-order valence-corrected chi connectivity index (χ4v) is 4.45. The molecule has 2 aromatic carbocycles. The summed E-state index contributed by atoms with van der Waals surface area (Å²) in [5.41, 5.74) is 1.75. The normalized spacial score (nSPS) is 11.3. The van der Waals surface area contributed by atoms with Gasteiger partial charge in [-0.05, 0) is 48.2 Å². The lowest BCUT2D eigenvalue weighted by Crippen LogP contribution is -2.03. The first kappa shape index (κ1) is 34.8. The van der Waals surface area contributed by atoms with Gasteiger partial charge in [0, 0.05) is 12.4 Å². The van der Waals surface area contributed by atoms with Crippen LogP contribution < -0.4 is 28.4 Å². The molecule has 0 saturated heterocycles. The minimum atomic E-state index is 0.532. The van der Waals surface area contributed by atoms with Crippen LogP contribution in [0.4, 0.5) is 0 Å². The standard InChI is InChI=1S/C34H52N2O6/c1-7-9-11-13-15-19-41-33-29(37-3)21-27(22-30(33)38-4)25-35-17-18-36-26-28-23-31(39-5)34(32(24-28)40-6)42-20-16-14-12-10-8-2/h21-26H,7-20H2,1-6H3. The third-order valence-electron chi connectivity index (χ3n) is 6.79. The molecule has 0 heterocycles. The highest BCUT2D eigenvalue weighted by Gasteiger charge is 2.15. The molecule has 42 heavy (non-hydrogen) atoms. The van der Waals surface area contributed by atoms with Gasteiger partial charge in [0.25, 0.3) is 0 Å². The topological polar surface area (TPSA) is 80.1 Å². The Labute approximate surface area is 253 Å². The Balaban J connectivity index is 1.94. The lowest BCUT2D eigenvalue weighted by Gasteiger charge is -2.15. The average molecular weight is 585 g/mol. The predicted octanol–water partition coefficient (Wildman–Crippen LogP) is 7.96. The molecule has 0 aliphatic rings. The van der Waals surface area contributed by atoms with Gasteiger partial charge in [-0.15, -0.1) is 0 Å². The Bertz CT molecular complexity index is 950. The molecule has 0 spiro atoms. The molecule has 8 heteroatoms. The van der Waals surface area contributed by atoms with Gasteiger partial charge in [-0.3, -0.25) is 9.98 Å². The summed E-state index contributed by atoms with van der Waals surface area (Å²) in [6.07, 6.45) is 15.4. The number of benzene rings is 2. The van der Waals surface area contributed by atoms with E-state index in [4.69, 9.17) is 28.4 Å². The molecular formula is C34H52N2O6. The molecule has 2 rings (SSSR count). The summed E-state index contributed by atoms with van der Waals surface area (Å²) >= 11 is 0. The lowest BCUT2D eigenvalue weighted by atomic mass is 10.1. The van der Waals surface area contributed by atoms with Crippen LogP contribution in [0.2, 0.25) is 0 Å². The zero-order valence-corrected chi connectivity index (χ0v) is 26.7. The van der Waals surface area contributed by atoms with Gasteiger partial charge in [0.05, 0.1) is 54.7 Å². The van der Waals surface area contributed by atoms with E-state index in [1.54, 1.807) is 40.9 Å². The van der Waals surface area contributed by atoms with E-state index in [0.717, 1.165) is 36.8 Å². The highest BCUT2D eigenvalue weighted by molar-refractivity contribution is 5.83. The number of nitrogens with zero attached hydrogens (tertiary/aromatic N) is 2. The Morgan fingerprint density at radius 3 is 1.14 bits per heavy atom. The van der Waals surface area contributed by atoms with E-state index < -0.39 is 0 Å². The molecule has 0 unspecified atom stereocenters. The minimum Gasteiger partial charge on any atom is -0.493 e. The maximum atomic E-state index is 6.02. The Kier molecular flexibility index (Phi) is 17.6. The number of ether oxygens (including phenoxy) is 6. The molecule has 0 N–H and O–H groups in total. The molecule has 0 aliphatic heterocycles. The van der Waals surface area contributed by atoms with Gasteiger partial charge in [0.15, 0.2) is 23.0 Å². The Morgan fingerprint density at radius 1 is 0.500 bits per heavy atom. The van der Waals surface area contributed by atoms with Crippen molar-refractivity contribution in [1.82, 2.24) is 0 Å². The van der Waals surface area contributed by atoms with Crippen molar-refractivity contribution in [2.24, 2.45) is 9.98 Å². The van der Waals surface area contributed by atoms with Crippen LogP contribution in [0.3, 0.4) is 0 Å². The summed E-state index contributed by atoms with van der Waals surface area (Å²) in [6, 6.07) is 7.65. The fraction of sp³-hybridized carbons (Fsp3) is 0.588. The molecule has 8 nitrogen and oxygen atoms in total. The molecule has 0 fully saturated rings. The van der Waals surface area contributed by atoms with E-state index in [1.807, 2.05) is 24.3 Å². The first-order valence-electron chi connectivity index (χ1n) is 15.4. The van der Waals surface area contributed by atoms with Crippen LogP contribution in [0.15, 0.2) is 34.3 Å². The Hall–Kier alpha value is -3.42. The van der Waals surface area contributed by atoms with Gasteiger partial charge in [0.1, 0.15) is 0 Å². The summed E-state index contributed by atoms with van der Waals surface area (Å²) in [6.45, 7) is 6.76. The minimum absolute atomic E-state index is 0.532. The van der Waals surface area contributed by atoms with Gasteiger partial charge in [-0.25, -0.2) is 0 Å². The van der Waals surface area contributed by atoms with E-state index in [0.29, 0.717) is 60.8 Å². The molecule has 0 bridgehead atoms. The molecule has 0 atom stereocenters. The third-order valence-corrected chi connectivity index (χ3v) is 6.79. The summed E-state index contributed by atoms with van der Waals surface area (Å²) in [5, 5.41) is 0. The molecule has 2 aromatic rings. The summed E-state index contributed by atoms with van der Waals surface area (Å²) < 4.78 is 34.4. The number of hydrogen-bond donors (Lipinski definition) is 0. The summed E-state index contributed by atoms with van der Waals surface area (Å²) in [5.74, 6) is 3.80. The molecular weight excluding hydrogens is 532 g/mol. The van der Waals surface area contributed by atoms with E-state index in [-0.39, 0.29) is 0 Å². The van der Waals surface area contributed by atoms with Crippen LogP contribution in [0.5, 0.6) is 34.5 Å². The van der Waals surface area contributed by atoms with Crippen molar-refractivity contribution < 1.29 is 28.4 Å². The second-order valence-corrected chi connectivity index (χ2v) is 10.1. The molecule has 234 valence electrons. The largest absolute Gasteiger partial charge is 0.493 e. The van der Waals surface area contributed by atoms with Gasteiger partial charge >= 0.3 is 0 Å². The zero-order chi connectivity index (χ0) is 30.4. The summed E-state index contributed by atoms with van der Waals surface area (Å²) in [7, 11) is 6.54. The van der Waals surface area contributed by atoms with Crippen molar-refractivity contribution in [2.45, 2.75) is 78.1 Å². The monoisotopic (exact) mass is 584 g/mol. The Morgan fingerprint density at radius 2 is 0.833 bits per heavy atom. The molecule has 0 amide bonds. The van der Waals surface area contributed by atoms with Crippen molar-refractivity contribution in [2.75, 3.05) is 54.7 Å². The molecule has 0 aromatic heterocycles. The van der Waals surface area contributed by atoms with Crippen molar-refractivity contribution in [3.63, 3.8) is 0 Å². The van der Waals surface area contributed by atoms with Crippen molar-refractivity contribution in [1.29, 1.82) is 0 Å². The number of unbranched alkanes of at least 4 members (excludes halogenated alkanes) is 8. The second-order valence-electron chi connectivity index (χ2n) is 10.1. The zero-order valence-electron chi connectivity index (χ0n) is 26.7. The lowest BCUT2D eigenvalue weighted by molar-refractivity contribution is 0.267. The van der Waals surface area contributed by atoms with Gasteiger partial charge in [-0.1, -0.05) is 65.2 Å². The maximum absolute atomic E-state index is 6.02. The van der Waals surface area contributed by atoms with Crippen LogP contribution in [-0.2, 0) is 0 Å². The quantitative estimate of drug-likeness (QED) is 0.0974. The second kappa shape index (κ2) is 21.3. The highest BCUT2D eigenvalue weighted by atomic mass is 16.5. The number of methoxy groups -OCH3 is 4. The van der Waals surface area contributed by atoms with E-state index in [2.05, 4.69) is 23.8 Å². The maximum Gasteiger partial charge on any atom is 0.203 e. The molecule has 0 radical (unpaired) electrons. The van der Waals surface area contributed by atoms with Gasteiger partial charge in [-0.2, -0.15) is 0 Å². The SMILES string of the molecule is CCCCCCCOc1c(OC)cc(C=NCCN=Cc2cc(OC)c(OCCCCCCC)c(OC)c2)cc1OC. The fourth-order valence-electron chi connectivity index (χ4n) is 4.45. The van der Waals surface area contributed by atoms with Gasteiger partial charge < -0.3 is 28.4 Å². The predicted molar refractivity (Wildman–Crippen MR) is 173 cm³/mol. The smallest absolute Gasteiger partial charge is 0.203 e. The number of aliphatic imine (C=N–C) groups is 2. The first-order chi connectivity index (χ1) is 20.6. The molecule has 0 saturated carbocycles. The van der Waals surface area contributed by atoms with E-state index >= 15 is 0 Å². The average Bonchev–Trinajstić information content (AvgIpc) is 3.02. The van der Waals surface area contributed by atoms with Crippen LogP contribution in [0, 0.1) is 0 Å². The summed E-state index contributed by atoms with van der Waals surface area (Å²) in [4.78, 5) is 9.08. The third kappa shape index (κ3) is 12.2. The number of rotatable bonds is 23. The van der Waals surface area contributed by atoms with Crippen LogP contribution in [0.25, 0.3) is 0 Å². The van der Waals surface area contributed by atoms with Crippen LogP contribution >= 0.6 is 0 Å².